The van der Waals surface area contributed by atoms with Gasteiger partial charge in [0.15, 0.2) is 0 Å². The first-order chi connectivity index (χ1) is 6.25. The number of rotatable bonds is 1. The van der Waals surface area contributed by atoms with E-state index < -0.39 is 0 Å². The number of hydrogen-bond acceptors (Lipinski definition) is 2. The van der Waals surface area contributed by atoms with Crippen molar-refractivity contribution in [1.29, 1.82) is 5.41 Å². The van der Waals surface area contributed by atoms with Crippen molar-refractivity contribution in [2.24, 2.45) is 0 Å². The number of H-pyrrole nitrogens is 1. The average Bonchev–Trinajstić information content (AvgIpc) is 2.44. The van der Waals surface area contributed by atoms with Gasteiger partial charge in [-0.15, -0.1) is 0 Å². The second kappa shape index (κ2) is 2.90. The minimum atomic E-state index is 0.374. The van der Waals surface area contributed by atoms with Crippen LogP contribution in [-0.2, 0) is 0 Å². The molecule has 13 heavy (non-hydrogen) atoms. The van der Waals surface area contributed by atoms with Gasteiger partial charge in [0.25, 0.3) is 0 Å². The number of fused-ring (bicyclic) bond motifs is 1. The molecule has 0 fully saturated rings. The smallest absolute Gasteiger partial charge is 0.206 e. The van der Waals surface area contributed by atoms with Crippen molar-refractivity contribution < 1.29 is 0 Å². The molecule has 0 aliphatic rings. The van der Waals surface area contributed by atoms with Crippen LogP contribution in [0.1, 0.15) is 6.92 Å². The van der Waals surface area contributed by atoms with Crippen LogP contribution < -0.4 is 5.32 Å². The molecule has 0 amide bonds. The second-order valence-electron chi connectivity index (χ2n) is 2.85. The predicted molar refractivity (Wildman–Crippen MR) is 53.1 cm³/mol. The highest BCUT2D eigenvalue weighted by Crippen LogP contribution is 2.12. The average molecular weight is 174 g/mol. The molecule has 1 aromatic carbocycles. The lowest BCUT2D eigenvalue weighted by Gasteiger charge is -1.95. The minimum absolute atomic E-state index is 0.374. The Labute approximate surface area is 75.5 Å². The molecule has 0 spiro atoms. The number of nitrogens with zero attached hydrogens (tertiary/aromatic N) is 1. The number of nitrogens with one attached hydrogen (secondary N) is 3. The Kier molecular flexibility index (Phi) is 1.73. The first kappa shape index (κ1) is 7.79. The van der Waals surface area contributed by atoms with Gasteiger partial charge in [-0.3, -0.25) is 5.41 Å². The summed E-state index contributed by atoms with van der Waals surface area (Å²) in [4.78, 5) is 7.31. The van der Waals surface area contributed by atoms with Gasteiger partial charge >= 0.3 is 0 Å². The number of aromatic nitrogens is 2. The largest absolute Gasteiger partial charge is 0.324 e. The summed E-state index contributed by atoms with van der Waals surface area (Å²) in [6.07, 6.45) is 0. The van der Waals surface area contributed by atoms with Crippen LogP contribution in [0, 0.1) is 5.41 Å². The van der Waals surface area contributed by atoms with Gasteiger partial charge < -0.3 is 10.3 Å². The van der Waals surface area contributed by atoms with Gasteiger partial charge in [-0.1, -0.05) is 12.1 Å². The number of amidine groups is 1. The van der Waals surface area contributed by atoms with Crippen molar-refractivity contribution in [3.8, 4) is 0 Å². The van der Waals surface area contributed by atoms with E-state index in [1.807, 2.05) is 24.3 Å². The van der Waals surface area contributed by atoms with Gasteiger partial charge in [-0.2, -0.15) is 0 Å². The Hall–Kier alpha value is -1.84. The maximum atomic E-state index is 7.23. The monoisotopic (exact) mass is 174 g/mol. The SMILES string of the molecule is CC(=N)Nc1nc2ccccc2[nH]1. The van der Waals surface area contributed by atoms with Gasteiger partial charge in [0.05, 0.1) is 16.9 Å². The number of anilines is 1. The minimum Gasteiger partial charge on any atom is -0.324 e. The van der Waals surface area contributed by atoms with Crippen LogP contribution in [0.15, 0.2) is 24.3 Å². The third-order valence-corrected chi connectivity index (χ3v) is 1.70. The van der Waals surface area contributed by atoms with Crippen molar-refractivity contribution in [3.05, 3.63) is 24.3 Å². The third-order valence-electron chi connectivity index (χ3n) is 1.70. The van der Waals surface area contributed by atoms with Crippen LogP contribution in [0.5, 0.6) is 0 Å². The third kappa shape index (κ3) is 1.51. The summed E-state index contributed by atoms with van der Waals surface area (Å²) in [6.45, 7) is 1.67. The molecule has 1 aromatic heterocycles. The molecular weight excluding hydrogens is 164 g/mol. The summed E-state index contributed by atoms with van der Waals surface area (Å²) < 4.78 is 0. The van der Waals surface area contributed by atoms with E-state index in [1.54, 1.807) is 6.92 Å². The zero-order valence-corrected chi connectivity index (χ0v) is 7.26. The van der Waals surface area contributed by atoms with Crippen LogP contribution in [-0.4, -0.2) is 15.8 Å². The molecule has 0 saturated carbocycles. The standard InChI is InChI=1S/C9H10N4/c1-6(10)11-9-12-7-4-2-3-5-8(7)13-9/h2-5H,1H3,(H3,10,11,12,13). The number of imidazole rings is 1. The zero-order chi connectivity index (χ0) is 9.26. The fourth-order valence-corrected chi connectivity index (χ4v) is 1.19. The van der Waals surface area contributed by atoms with Crippen LogP contribution in [0.3, 0.4) is 0 Å². The number of para-hydroxylation sites is 2. The van der Waals surface area contributed by atoms with E-state index in [4.69, 9.17) is 5.41 Å². The molecule has 1 heterocycles. The predicted octanol–water partition coefficient (Wildman–Crippen LogP) is 1.97. The lowest BCUT2D eigenvalue weighted by Crippen LogP contribution is -2.05. The van der Waals surface area contributed by atoms with Crippen LogP contribution in [0.2, 0.25) is 0 Å². The molecule has 4 nitrogen and oxygen atoms in total. The molecule has 0 saturated heterocycles. The lowest BCUT2D eigenvalue weighted by atomic mass is 10.3. The summed E-state index contributed by atoms with van der Waals surface area (Å²) in [5.74, 6) is 0.993. The molecule has 0 unspecified atom stereocenters. The molecule has 0 atom stereocenters. The van der Waals surface area contributed by atoms with Gasteiger partial charge in [0.2, 0.25) is 5.95 Å². The Balaban J connectivity index is 2.44. The Morgan fingerprint density at radius 2 is 2.23 bits per heavy atom. The van der Waals surface area contributed by atoms with Gasteiger partial charge in [0, 0.05) is 0 Å². The van der Waals surface area contributed by atoms with E-state index in [9.17, 15) is 0 Å². The summed E-state index contributed by atoms with van der Waals surface area (Å²) >= 11 is 0. The van der Waals surface area contributed by atoms with Gasteiger partial charge in [0.1, 0.15) is 0 Å². The fourth-order valence-electron chi connectivity index (χ4n) is 1.19. The maximum absolute atomic E-state index is 7.23. The zero-order valence-electron chi connectivity index (χ0n) is 7.26. The summed E-state index contributed by atoms with van der Waals surface area (Å²) in [7, 11) is 0. The molecule has 0 aliphatic carbocycles. The van der Waals surface area contributed by atoms with E-state index in [-0.39, 0.29) is 0 Å². The van der Waals surface area contributed by atoms with Crippen molar-refractivity contribution >= 4 is 22.8 Å². The van der Waals surface area contributed by atoms with Gasteiger partial charge in [-0.25, -0.2) is 4.98 Å². The summed E-state index contributed by atoms with van der Waals surface area (Å²) in [6, 6.07) is 7.76. The highest BCUT2D eigenvalue weighted by atomic mass is 15.1. The summed E-state index contributed by atoms with van der Waals surface area (Å²) in [5.41, 5.74) is 1.89. The molecule has 66 valence electrons. The van der Waals surface area contributed by atoms with Crippen molar-refractivity contribution in [2.45, 2.75) is 6.92 Å². The van der Waals surface area contributed by atoms with Crippen LogP contribution >= 0.6 is 0 Å². The maximum Gasteiger partial charge on any atom is 0.206 e. The Bertz CT molecular complexity index is 411. The molecule has 0 aliphatic heterocycles. The summed E-state index contributed by atoms with van der Waals surface area (Å²) in [5, 5.41) is 10.0. The van der Waals surface area contributed by atoms with E-state index in [0.29, 0.717) is 11.8 Å². The van der Waals surface area contributed by atoms with Crippen molar-refractivity contribution in [2.75, 3.05) is 5.32 Å². The van der Waals surface area contributed by atoms with Crippen molar-refractivity contribution in [3.63, 3.8) is 0 Å². The number of aromatic amines is 1. The van der Waals surface area contributed by atoms with E-state index >= 15 is 0 Å². The molecule has 0 bridgehead atoms. The first-order valence-corrected chi connectivity index (χ1v) is 4.02. The highest BCUT2D eigenvalue weighted by Gasteiger charge is 2.00. The van der Waals surface area contributed by atoms with Crippen LogP contribution in [0.4, 0.5) is 5.95 Å². The van der Waals surface area contributed by atoms with E-state index in [0.717, 1.165) is 11.0 Å². The molecular formula is C9H10N4. The highest BCUT2D eigenvalue weighted by molar-refractivity contribution is 5.91. The molecule has 0 radical (unpaired) electrons. The van der Waals surface area contributed by atoms with Crippen LogP contribution in [0.25, 0.3) is 11.0 Å². The lowest BCUT2D eigenvalue weighted by molar-refractivity contribution is 1.30. The molecule has 4 heteroatoms. The topological polar surface area (TPSA) is 64.6 Å². The second-order valence-corrected chi connectivity index (χ2v) is 2.85. The number of benzene rings is 1. The normalized spacial score (nSPS) is 10.2. The van der Waals surface area contributed by atoms with Gasteiger partial charge in [-0.05, 0) is 19.1 Å². The quantitative estimate of drug-likeness (QED) is 0.457. The van der Waals surface area contributed by atoms with E-state index in [1.165, 1.54) is 0 Å². The Morgan fingerprint density at radius 3 is 2.92 bits per heavy atom. The van der Waals surface area contributed by atoms with E-state index in [2.05, 4.69) is 15.3 Å². The fraction of sp³-hybridized carbons (Fsp3) is 0.111. The Morgan fingerprint density at radius 1 is 1.46 bits per heavy atom. The molecule has 2 rings (SSSR count). The molecule has 3 N–H and O–H groups in total. The first-order valence-electron chi connectivity index (χ1n) is 4.02. The van der Waals surface area contributed by atoms with Crippen molar-refractivity contribution in [1.82, 2.24) is 9.97 Å². The number of hydrogen-bond donors (Lipinski definition) is 3. The molecule has 2 aromatic rings.